The molecule has 0 bridgehead atoms. The molecule has 0 N–H and O–H groups in total. The van der Waals surface area contributed by atoms with Crippen LogP contribution in [0.4, 0.5) is 5.69 Å². The summed E-state index contributed by atoms with van der Waals surface area (Å²) in [4.78, 5) is 2.41. The first-order chi connectivity index (χ1) is 17.5. The van der Waals surface area contributed by atoms with Crippen molar-refractivity contribution in [1.82, 2.24) is 4.31 Å². The van der Waals surface area contributed by atoms with E-state index in [-0.39, 0.29) is 24.6 Å². The molecule has 0 spiro atoms. The molecule has 8 heteroatoms. The van der Waals surface area contributed by atoms with Crippen LogP contribution in [0.5, 0.6) is 11.5 Å². The van der Waals surface area contributed by atoms with Gasteiger partial charge in [-0.3, -0.25) is 0 Å². The van der Waals surface area contributed by atoms with Gasteiger partial charge in [0.1, 0.15) is 22.5 Å². The quantitative estimate of drug-likeness (QED) is 0.448. The molecule has 5 rings (SSSR count). The number of benzene rings is 3. The molecule has 0 radical (unpaired) electrons. The number of hydrogen-bond acceptors (Lipinski definition) is 6. The van der Waals surface area contributed by atoms with Gasteiger partial charge in [-0.15, -0.1) is 0 Å². The predicted molar refractivity (Wildman–Crippen MR) is 139 cm³/mol. The Morgan fingerprint density at radius 2 is 1.67 bits per heavy atom. The molecule has 2 aliphatic rings. The third kappa shape index (κ3) is 5.36. The normalized spacial score (nSPS) is 19.4. The van der Waals surface area contributed by atoms with E-state index < -0.39 is 16.1 Å². The van der Waals surface area contributed by atoms with Crippen LogP contribution < -0.4 is 14.4 Å². The van der Waals surface area contributed by atoms with Crippen molar-refractivity contribution in [3.8, 4) is 11.5 Å². The molecule has 1 fully saturated rings. The van der Waals surface area contributed by atoms with Crippen LogP contribution in [0.2, 0.25) is 0 Å². The first-order valence-corrected chi connectivity index (χ1v) is 13.8. The van der Waals surface area contributed by atoms with Gasteiger partial charge in [-0.2, -0.15) is 4.31 Å². The lowest BCUT2D eigenvalue weighted by Crippen LogP contribution is -2.39. The maximum absolute atomic E-state index is 14.1. The van der Waals surface area contributed by atoms with Gasteiger partial charge in [-0.1, -0.05) is 48.5 Å². The third-order valence-corrected chi connectivity index (χ3v) is 8.52. The molecule has 1 atom stereocenters. The second-order valence-corrected chi connectivity index (χ2v) is 11.1. The smallest absolute Gasteiger partial charge is 0.249 e. The van der Waals surface area contributed by atoms with Gasteiger partial charge < -0.3 is 19.1 Å². The van der Waals surface area contributed by atoms with Crippen LogP contribution >= 0.6 is 0 Å². The summed E-state index contributed by atoms with van der Waals surface area (Å²) in [5.41, 5.74) is 2.66. The minimum absolute atomic E-state index is 0.192. The van der Waals surface area contributed by atoms with Crippen molar-refractivity contribution < 1.29 is 22.6 Å². The highest BCUT2D eigenvalue weighted by molar-refractivity contribution is 7.89. The molecule has 0 aliphatic carbocycles. The van der Waals surface area contributed by atoms with E-state index >= 15 is 0 Å². The standard InChI is InChI=1S/C28H32N2O5S/c1-33-24-14-12-22(13-15-24)18-30-19-25(21-34-20-23-8-3-2-4-9-23)35-27-11-7-10-26(28(27)36(30,31)32)29-16-5-6-17-29/h2-4,7-15,25H,5-6,16-21H2,1H3/t25-/m1/s1. The van der Waals surface area contributed by atoms with Crippen molar-refractivity contribution in [3.63, 3.8) is 0 Å². The van der Waals surface area contributed by atoms with Gasteiger partial charge in [0.2, 0.25) is 10.0 Å². The molecule has 3 aromatic rings. The van der Waals surface area contributed by atoms with Gasteiger partial charge in [0.15, 0.2) is 0 Å². The molecule has 36 heavy (non-hydrogen) atoms. The van der Waals surface area contributed by atoms with E-state index in [1.54, 1.807) is 13.2 Å². The van der Waals surface area contributed by atoms with Gasteiger partial charge in [-0.25, -0.2) is 8.42 Å². The second kappa shape index (κ2) is 10.9. The summed E-state index contributed by atoms with van der Waals surface area (Å²) >= 11 is 0. The maximum Gasteiger partial charge on any atom is 0.249 e. The summed E-state index contributed by atoms with van der Waals surface area (Å²) in [6.45, 7) is 2.82. The molecular formula is C28H32N2O5S. The molecule has 0 saturated carbocycles. The zero-order valence-electron chi connectivity index (χ0n) is 20.5. The zero-order valence-corrected chi connectivity index (χ0v) is 21.3. The van der Waals surface area contributed by atoms with Crippen LogP contribution in [0.1, 0.15) is 24.0 Å². The number of methoxy groups -OCH3 is 1. The van der Waals surface area contributed by atoms with Crippen molar-refractivity contribution >= 4 is 15.7 Å². The maximum atomic E-state index is 14.1. The van der Waals surface area contributed by atoms with Crippen molar-refractivity contribution in [2.24, 2.45) is 0 Å². The summed E-state index contributed by atoms with van der Waals surface area (Å²) < 4.78 is 47.4. The Hall–Kier alpha value is -3.07. The lowest BCUT2D eigenvalue weighted by atomic mass is 10.2. The molecule has 7 nitrogen and oxygen atoms in total. The lowest BCUT2D eigenvalue weighted by molar-refractivity contribution is 0.0336. The van der Waals surface area contributed by atoms with Crippen LogP contribution in [-0.4, -0.2) is 52.2 Å². The van der Waals surface area contributed by atoms with Gasteiger partial charge in [-0.05, 0) is 48.2 Å². The number of ether oxygens (including phenoxy) is 3. The number of hydrogen-bond donors (Lipinski definition) is 0. The molecular weight excluding hydrogens is 476 g/mol. The van der Waals surface area contributed by atoms with Crippen molar-refractivity contribution in [1.29, 1.82) is 0 Å². The Kier molecular flexibility index (Phi) is 7.46. The van der Waals surface area contributed by atoms with Gasteiger partial charge in [0.25, 0.3) is 0 Å². The Labute approximate surface area is 213 Å². The molecule has 190 valence electrons. The van der Waals surface area contributed by atoms with E-state index in [0.29, 0.717) is 12.4 Å². The number of rotatable bonds is 8. The highest BCUT2D eigenvalue weighted by Crippen LogP contribution is 2.40. The zero-order chi connectivity index (χ0) is 25.0. The van der Waals surface area contributed by atoms with Crippen LogP contribution in [0, 0.1) is 0 Å². The average Bonchev–Trinajstić information content (AvgIpc) is 3.41. The Bertz CT molecular complexity index is 1260. The van der Waals surface area contributed by atoms with Crippen molar-refractivity contribution in [3.05, 3.63) is 83.9 Å². The number of sulfonamides is 1. The van der Waals surface area contributed by atoms with Crippen LogP contribution in [0.25, 0.3) is 0 Å². The number of anilines is 1. The third-order valence-electron chi connectivity index (χ3n) is 6.64. The Balaban J connectivity index is 1.45. The van der Waals surface area contributed by atoms with E-state index in [0.717, 1.165) is 48.5 Å². The first kappa shape index (κ1) is 24.6. The van der Waals surface area contributed by atoms with E-state index in [9.17, 15) is 8.42 Å². The summed E-state index contributed by atoms with van der Waals surface area (Å²) in [6, 6.07) is 22.9. The van der Waals surface area contributed by atoms with Gasteiger partial charge in [0, 0.05) is 19.6 Å². The van der Waals surface area contributed by atoms with Crippen LogP contribution in [0.3, 0.4) is 0 Å². The van der Waals surface area contributed by atoms with Crippen LogP contribution in [0.15, 0.2) is 77.7 Å². The van der Waals surface area contributed by atoms with Crippen LogP contribution in [-0.2, 0) is 27.9 Å². The van der Waals surface area contributed by atoms with Crippen molar-refractivity contribution in [2.75, 3.05) is 38.3 Å². The van der Waals surface area contributed by atoms with Gasteiger partial charge >= 0.3 is 0 Å². The minimum atomic E-state index is -3.83. The van der Waals surface area contributed by atoms with E-state index in [1.807, 2.05) is 66.7 Å². The monoisotopic (exact) mass is 508 g/mol. The van der Waals surface area contributed by atoms with E-state index in [1.165, 1.54) is 4.31 Å². The Morgan fingerprint density at radius 3 is 2.39 bits per heavy atom. The predicted octanol–water partition coefficient (Wildman–Crippen LogP) is 4.46. The average molecular weight is 509 g/mol. The van der Waals surface area contributed by atoms with Gasteiger partial charge in [0.05, 0.1) is 32.6 Å². The summed E-state index contributed by atoms with van der Waals surface area (Å²) in [6.07, 6.45) is 1.66. The summed E-state index contributed by atoms with van der Waals surface area (Å²) in [7, 11) is -2.22. The van der Waals surface area contributed by atoms with Crippen molar-refractivity contribution in [2.45, 2.75) is 37.0 Å². The number of fused-ring (bicyclic) bond motifs is 1. The second-order valence-electron chi connectivity index (χ2n) is 9.18. The molecule has 1 saturated heterocycles. The summed E-state index contributed by atoms with van der Waals surface area (Å²) in [5, 5.41) is 0. The minimum Gasteiger partial charge on any atom is -0.497 e. The Morgan fingerprint density at radius 1 is 0.917 bits per heavy atom. The molecule has 0 amide bonds. The molecule has 3 aromatic carbocycles. The fourth-order valence-electron chi connectivity index (χ4n) is 4.79. The topological polar surface area (TPSA) is 68.3 Å². The van der Waals surface area contributed by atoms with E-state index in [2.05, 4.69) is 4.90 Å². The molecule has 2 heterocycles. The highest BCUT2D eigenvalue weighted by Gasteiger charge is 2.38. The SMILES string of the molecule is COc1ccc(CN2C[C@H](COCc3ccccc3)Oc3cccc(N4CCCC4)c3S2(=O)=O)cc1. The first-order valence-electron chi connectivity index (χ1n) is 12.3. The largest absolute Gasteiger partial charge is 0.497 e. The fraction of sp³-hybridized carbons (Fsp3) is 0.357. The fourth-order valence-corrected chi connectivity index (χ4v) is 6.56. The molecule has 2 aliphatic heterocycles. The summed E-state index contributed by atoms with van der Waals surface area (Å²) in [5.74, 6) is 1.12. The highest BCUT2D eigenvalue weighted by atomic mass is 32.2. The lowest BCUT2D eigenvalue weighted by Gasteiger charge is -2.25. The van der Waals surface area contributed by atoms with E-state index in [4.69, 9.17) is 14.2 Å². The number of nitrogens with zero attached hydrogens (tertiary/aromatic N) is 2. The molecule has 0 aromatic heterocycles. The molecule has 0 unspecified atom stereocenters.